The summed E-state index contributed by atoms with van der Waals surface area (Å²) in [5, 5.41) is 48.3. The van der Waals surface area contributed by atoms with Crippen molar-refractivity contribution in [2.45, 2.75) is 49.2 Å². The van der Waals surface area contributed by atoms with Gasteiger partial charge in [0.05, 0.1) is 13.2 Å². The van der Waals surface area contributed by atoms with Gasteiger partial charge in [0.25, 0.3) is 0 Å². The molecule has 0 aromatic carbocycles. The Morgan fingerprint density at radius 3 is 2.05 bits per heavy atom. The molecular formula is C11H20O9. The highest BCUT2D eigenvalue weighted by molar-refractivity contribution is 4.88. The van der Waals surface area contributed by atoms with Crippen molar-refractivity contribution in [3.8, 4) is 0 Å². The Morgan fingerprint density at radius 1 is 0.800 bits per heavy atom. The van der Waals surface area contributed by atoms with Gasteiger partial charge in [-0.2, -0.15) is 0 Å². The molecule has 2 aliphatic rings. The number of methoxy groups -OCH3 is 1. The summed E-state index contributed by atoms with van der Waals surface area (Å²) < 4.78 is 20.3. The molecule has 20 heavy (non-hydrogen) atoms. The van der Waals surface area contributed by atoms with Crippen molar-refractivity contribution in [1.29, 1.82) is 0 Å². The number of hydrogen-bond acceptors (Lipinski definition) is 9. The normalized spacial score (nSPS) is 50.1. The first-order valence-corrected chi connectivity index (χ1v) is 6.27. The number of aliphatic hydroxyl groups is 5. The molecular weight excluding hydrogens is 276 g/mol. The maximum atomic E-state index is 9.95. The van der Waals surface area contributed by atoms with Gasteiger partial charge in [-0.25, -0.2) is 0 Å². The zero-order chi connectivity index (χ0) is 14.9. The van der Waals surface area contributed by atoms with E-state index in [4.69, 9.17) is 18.9 Å². The van der Waals surface area contributed by atoms with Gasteiger partial charge in [-0.1, -0.05) is 0 Å². The largest absolute Gasteiger partial charge is 0.388 e. The van der Waals surface area contributed by atoms with E-state index in [1.165, 1.54) is 7.11 Å². The van der Waals surface area contributed by atoms with Crippen LogP contribution in [0.1, 0.15) is 0 Å². The summed E-state index contributed by atoms with van der Waals surface area (Å²) in [6.45, 7) is -0.347. The Hall–Kier alpha value is -0.360. The van der Waals surface area contributed by atoms with Crippen LogP contribution in [0.4, 0.5) is 0 Å². The summed E-state index contributed by atoms with van der Waals surface area (Å²) in [7, 11) is 1.33. The maximum Gasteiger partial charge on any atom is 0.186 e. The monoisotopic (exact) mass is 296 g/mol. The van der Waals surface area contributed by atoms with Gasteiger partial charge in [0, 0.05) is 7.11 Å². The summed E-state index contributed by atoms with van der Waals surface area (Å²) in [4.78, 5) is 0. The molecule has 2 aliphatic heterocycles. The van der Waals surface area contributed by atoms with Gasteiger partial charge in [0.2, 0.25) is 0 Å². The maximum absolute atomic E-state index is 9.95. The van der Waals surface area contributed by atoms with E-state index in [0.717, 1.165) is 0 Å². The van der Waals surface area contributed by atoms with E-state index < -0.39 is 49.2 Å². The molecule has 0 aromatic rings. The summed E-state index contributed by atoms with van der Waals surface area (Å²) in [6, 6.07) is 0. The van der Waals surface area contributed by atoms with Crippen LogP contribution in [-0.2, 0) is 18.9 Å². The molecule has 0 aromatic heterocycles. The standard InChI is InChI=1S/C11H20O9/c1-17-10-8(16)9(5(13)3-18-10)20-11-7(15)6(14)4(12)2-19-11/h4-16H,2-3H2,1H3/t4-,5-,6+,7-,8-,9+,10-,11-/m0/s1. The molecule has 5 N–H and O–H groups in total. The molecule has 2 heterocycles. The van der Waals surface area contributed by atoms with Crippen molar-refractivity contribution in [1.82, 2.24) is 0 Å². The minimum absolute atomic E-state index is 0.117. The van der Waals surface area contributed by atoms with E-state index in [1.54, 1.807) is 0 Å². The second kappa shape index (κ2) is 6.60. The fraction of sp³-hybridized carbons (Fsp3) is 1.00. The first-order chi connectivity index (χ1) is 9.45. The van der Waals surface area contributed by atoms with Gasteiger partial charge >= 0.3 is 0 Å². The van der Waals surface area contributed by atoms with Gasteiger partial charge in [-0.05, 0) is 0 Å². The van der Waals surface area contributed by atoms with Gasteiger partial charge in [-0.15, -0.1) is 0 Å². The summed E-state index contributed by atoms with van der Waals surface area (Å²) in [5.74, 6) is 0. The second-order valence-corrected chi connectivity index (χ2v) is 4.85. The van der Waals surface area contributed by atoms with E-state index in [0.29, 0.717) is 0 Å². The molecule has 0 unspecified atom stereocenters. The number of ether oxygens (including phenoxy) is 4. The van der Waals surface area contributed by atoms with E-state index in [1.807, 2.05) is 0 Å². The molecule has 0 bridgehead atoms. The highest BCUT2D eigenvalue weighted by Gasteiger charge is 2.45. The Morgan fingerprint density at radius 2 is 1.40 bits per heavy atom. The smallest absolute Gasteiger partial charge is 0.186 e. The Balaban J connectivity index is 2.00. The number of rotatable bonds is 3. The lowest BCUT2D eigenvalue weighted by Crippen LogP contribution is -2.60. The molecule has 2 rings (SSSR count). The first-order valence-electron chi connectivity index (χ1n) is 6.27. The molecule has 8 atom stereocenters. The Kier molecular flexibility index (Phi) is 5.29. The average Bonchev–Trinajstić information content (AvgIpc) is 2.43. The second-order valence-electron chi connectivity index (χ2n) is 4.85. The molecule has 0 radical (unpaired) electrons. The Bertz CT molecular complexity index is 314. The minimum Gasteiger partial charge on any atom is -0.388 e. The molecule has 0 amide bonds. The number of aliphatic hydroxyl groups excluding tert-OH is 5. The zero-order valence-electron chi connectivity index (χ0n) is 10.9. The van der Waals surface area contributed by atoms with Crippen molar-refractivity contribution in [3.63, 3.8) is 0 Å². The predicted molar refractivity (Wildman–Crippen MR) is 61.4 cm³/mol. The van der Waals surface area contributed by atoms with Crippen molar-refractivity contribution in [3.05, 3.63) is 0 Å². The fourth-order valence-electron chi connectivity index (χ4n) is 2.20. The lowest BCUT2D eigenvalue weighted by Gasteiger charge is -2.41. The summed E-state index contributed by atoms with van der Waals surface area (Å²) >= 11 is 0. The molecule has 9 nitrogen and oxygen atoms in total. The topological polar surface area (TPSA) is 138 Å². The van der Waals surface area contributed by atoms with Crippen molar-refractivity contribution >= 4 is 0 Å². The van der Waals surface area contributed by atoms with Crippen molar-refractivity contribution < 1.29 is 44.5 Å². The zero-order valence-corrected chi connectivity index (χ0v) is 10.9. The summed E-state index contributed by atoms with van der Waals surface area (Å²) in [5.41, 5.74) is 0. The predicted octanol–water partition coefficient (Wildman–Crippen LogP) is -3.46. The first kappa shape index (κ1) is 16.0. The molecule has 9 heteroatoms. The quantitative estimate of drug-likeness (QED) is 0.359. The van der Waals surface area contributed by atoms with Crippen LogP contribution in [0.5, 0.6) is 0 Å². The molecule has 0 saturated carbocycles. The van der Waals surface area contributed by atoms with Gasteiger partial charge in [0.15, 0.2) is 12.6 Å². The highest BCUT2D eigenvalue weighted by atomic mass is 16.7. The van der Waals surface area contributed by atoms with Crippen LogP contribution >= 0.6 is 0 Å². The van der Waals surface area contributed by atoms with E-state index in [2.05, 4.69) is 0 Å². The minimum atomic E-state index is -1.50. The van der Waals surface area contributed by atoms with Crippen LogP contribution in [0.25, 0.3) is 0 Å². The third-order valence-corrected chi connectivity index (χ3v) is 3.40. The summed E-state index contributed by atoms with van der Waals surface area (Å²) in [6.07, 6.45) is -9.95. The van der Waals surface area contributed by atoms with Gasteiger partial charge in [-0.3, -0.25) is 0 Å². The molecule has 0 spiro atoms. The lowest BCUT2D eigenvalue weighted by atomic mass is 10.0. The van der Waals surface area contributed by atoms with Crippen molar-refractivity contribution in [2.75, 3.05) is 20.3 Å². The molecule has 2 saturated heterocycles. The van der Waals surface area contributed by atoms with Crippen LogP contribution in [0, 0.1) is 0 Å². The highest BCUT2D eigenvalue weighted by Crippen LogP contribution is 2.24. The molecule has 118 valence electrons. The molecule has 0 aliphatic carbocycles. The Labute approximate surface area is 115 Å². The van der Waals surface area contributed by atoms with Crippen molar-refractivity contribution in [2.24, 2.45) is 0 Å². The lowest BCUT2D eigenvalue weighted by molar-refractivity contribution is -0.331. The van der Waals surface area contributed by atoms with Crippen LogP contribution in [0.15, 0.2) is 0 Å². The van der Waals surface area contributed by atoms with E-state index in [-0.39, 0.29) is 13.2 Å². The molecule has 2 fully saturated rings. The van der Waals surface area contributed by atoms with E-state index >= 15 is 0 Å². The SMILES string of the molecule is CO[C@H]1OC[C@H](O)[C@@H](O[C@@H]2OC[C@H](O)[C@@H](O)[C@@H]2O)[C@@H]1O. The fourth-order valence-corrected chi connectivity index (χ4v) is 2.20. The van der Waals surface area contributed by atoms with Crippen LogP contribution < -0.4 is 0 Å². The third kappa shape index (κ3) is 3.11. The average molecular weight is 296 g/mol. The van der Waals surface area contributed by atoms with Gasteiger partial charge < -0.3 is 44.5 Å². The van der Waals surface area contributed by atoms with Gasteiger partial charge in [0.1, 0.15) is 36.6 Å². The third-order valence-electron chi connectivity index (χ3n) is 3.40. The number of hydrogen-bond donors (Lipinski definition) is 5. The van der Waals surface area contributed by atoms with E-state index in [9.17, 15) is 25.5 Å². The van der Waals surface area contributed by atoms with Crippen LogP contribution in [0.3, 0.4) is 0 Å². The van der Waals surface area contributed by atoms with Crippen LogP contribution in [0.2, 0.25) is 0 Å². The van der Waals surface area contributed by atoms with Crippen LogP contribution in [-0.4, -0.2) is 95.1 Å².